The third-order valence-electron chi connectivity index (χ3n) is 5.63. The van der Waals surface area contributed by atoms with E-state index in [9.17, 15) is 9.90 Å². The molecule has 4 heterocycles. The number of nitrogens with zero attached hydrogens (tertiary/aromatic N) is 4. The number of aliphatic hydroxyl groups excluding tert-OH is 1. The number of hydrogen-bond donors (Lipinski definition) is 2. The molecule has 8 nitrogen and oxygen atoms in total. The molecule has 2 N–H and O–H groups in total. The van der Waals surface area contributed by atoms with Crippen LogP contribution in [0.25, 0.3) is 5.69 Å². The number of rotatable bonds is 6. The number of nitrogens with one attached hydrogen (secondary N) is 1. The Hall–Kier alpha value is -2.45. The van der Waals surface area contributed by atoms with Gasteiger partial charge in [-0.2, -0.15) is 5.10 Å². The lowest BCUT2D eigenvalue weighted by Gasteiger charge is -2.28. The molecule has 1 fully saturated rings. The van der Waals surface area contributed by atoms with Gasteiger partial charge < -0.3 is 20.1 Å². The monoisotopic (exact) mass is 385 g/mol. The number of aliphatic hydroxyl groups is 1. The van der Waals surface area contributed by atoms with Gasteiger partial charge in [0, 0.05) is 37.9 Å². The van der Waals surface area contributed by atoms with Gasteiger partial charge in [-0.1, -0.05) is 0 Å². The molecule has 1 atom stereocenters. The van der Waals surface area contributed by atoms with Gasteiger partial charge in [0.1, 0.15) is 5.82 Å². The van der Waals surface area contributed by atoms with Gasteiger partial charge in [0.2, 0.25) is 0 Å². The van der Waals surface area contributed by atoms with Crippen molar-refractivity contribution in [3.05, 3.63) is 35.3 Å². The molecule has 0 aromatic carbocycles. The minimum absolute atomic E-state index is 0.0365. The van der Waals surface area contributed by atoms with E-state index in [2.05, 4.69) is 5.32 Å². The van der Waals surface area contributed by atoms with Crippen LogP contribution in [0.1, 0.15) is 54.4 Å². The van der Waals surface area contributed by atoms with Gasteiger partial charge in [-0.05, 0) is 32.8 Å². The largest absolute Gasteiger partial charge is 0.394 e. The third kappa shape index (κ3) is 3.38. The van der Waals surface area contributed by atoms with E-state index in [0.717, 1.165) is 48.9 Å². The molecule has 0 aliphatic carbocycles. The molecule has 1 unspecified atom stereocenters. The number of carbonyl (C=O) groups excluding carboxylic acids is 1. The first-order valence-electron chi connectivity index (χ1n) is 9.95. The Balaban J connectivity index is 1.75. The van der Waals surface area contributed by atoms with Crippen molar-refractivity contribution in [1.29, 1.82) is 0 Å². The van der Waals surface area contributed by atoms with Crippen LogP contribution in [0.2, 0.25) is 0 Å². The van der Waals surface area contributed by atoms with Gasteiger partial charge >= 0.3 is 0 Å². The van der Waals surface area contributed by atoms with Crippen molar-refractivity contribution in [3.63, 3.8) is 0 Å². The van der Waals surface area contributed by atoms with E-state index in [1.54, 1.807) is 4.68 Å². The lowest BCUT2D eigenvalue weighted by Crippen LogP contribution is -2.36. The van der Waals surface area contributed by atoms with Crippen LogP contribution in [0.4, 0.5) is 5.82 Å². The predicted molar refractivity (Wildman–Crippen MR) is 105 cm³/mol. The minimum Gasteiger partial charge on any atom is -0.394 e. The van der Waals surface area contributed by atoms with Gasteiger partial charge in [0.25, 0.3) is 5.91 Å². The van der Waals surface area contributed by atoms with Crippen molar-refractivity contribution in [2.45, 2.75) is 45.2 Å². The van der Waals surface area contributed by atoms with Gasteiger partial charge in [-0.15, -0.1) is 0 Å². The van der Waals surface area contributed by atoms with E-state index in [-0.39, 0.29) is 18.6 Å². The van der Waals surface area contributed by atoms with E-state index in [1.165, 1.54) is 0 Å². The first-order chi connectivity index (χ1) is 13.6. The Morgan fingerprint density at radius 1 is 1.43 bits per heavy atom. The summed E-state index contributed by atoms with van der Waals surface area (Å²) in [5.74, 6) is 1.02. The first-order valence-corrected chi connectivity index (χ1v) is 9.95. The molecule has 150 valence electrons. The zero-order chi connectivity index (χ0) is 19.7. The summed E-state index contributed by atoms with van der Waals surface area (Å²) in [6.07, 6.45) is 3.85. The Morgan fingerprint density at radius 2 is 2.21 bits per heavy atom. The number of hydrogen-bond acceptors (Lipinski definition) is 6. The number of fused-ring (bicyclic) bond motifs is 1. The fraction of sp³-hybridized carbons (Fsp3) is 0.550. The number of anilines is 1. The van der Waals surface area contributed by atoms with Gasteiger partial charge in [0.15, 0.2) is 0 Å². The van der Waals surface area contributed by atoms with Crippen LogP contribution in [-0.4, -0.2) is 58.2 Å². The molecule has 1 amide bonds. The highest BCUT2D eigenvalue weighted by molar-refractivity contribution is 6.01. The smallest absolute Gasteiger partial charge is 0.255 e. The lowest BCUT2D eigenvalue weighted by molar-refractivity contribution is 0.0844. The van der Waals surface area contributed by atoms with Gasteiger partial charge in [0.05, 0.1) is 41.8 Å². The molecule has 0 saturated carbocycles. The number of likely N-dealkylation sites (N-methyl/N-ethyl adjacent to an activating group) is 1. The van der Waals surface area contributed by atoms with Crippen molar-refractivity contribution in [1.82, 2.24) is 20.1 Å². The molecule has 28 heavy (non-hydrogen) atoms. The first kappa shape index (κ1) is 18.9. The molecule has 0 bridgehead atoms. The van der Waals surface area contributed by atoms with Crippen molar-refractivity contribution >= 4 is 11.7 Å². The van der Waals surface area contributed by atoms with Crippen LogP contribution >= 0.6 is 0 Å². The molecular formula is C20H27N5O3. The highest BCUT2D eigenvalue weighted by Crippen LogP contribution is 2.30. The van der Waals surface area contributed by atoms with Crippen LogP contribution < -0.4 is 10.2 Å². The van der Waals surface area contributed by atoms with E-state index in [4.69, 9.17) is 14.8 Å². The Morgan fingerprint density at radius 3 is 2.93 bits per heavy atom. The summed E-state index contributed by atoms with van der Waals surface area (Å²) in [4.78, 5) is 19.2. The summed E-state index contributed by atoms with van der Waals surface area (Å²) < 4.78 is 7.24. The fourth-order valence-electron chi connectivity index (χ4n) is 4.01. The molecule has 8 heteroatoms. The second-order valence-corrected chi connectivity index (χ2v) is 7.39. The SMILES string of the molecule is CCN(c1cc(-n2ccc(C3CCOCC3)n2)c2c(n1)CNC2=O)C(C)CO. The average Bonchev–Trinajstić information content (AvgIpc) is 3.36. The summed E-state index contributed by atoms with van der Waals surface area (Å²) in [7, 11) is 0. The molecule has 4 rings (SSSR count). The van der Waals surface area contributed by atoms with Crippen LogP contribution in [0.15, 0.2) is 18.3 Å². The third-order valence-corrected chi connectivity index (χ3v) is 5.63. The van der Waals surface area contributed by atoms with Crippen molar-refractivity contribution < 1.29 is 14.6 Å². The molecule has 2 aliphatic heterocycles. The summed E-state index contributed by atoms with van der Waals surface area (Å²) in [5.41, 5.74) is 3.07. The quantitative estimate of drug-likeness (QED) is 0.785. The van der Waals surface area contributed by atoms with Crippen molar-refractivity contribution in [3.8, 4) is 5.69 Å². The number of carbonyl (C=O) groups is 1. The zero-order valence-corrected chi connectivity index (χ0v) is 16.4. The zero-order valence-electron chi connectivity index (χ0n) is 16.4. The molecule has 2 aliphatic rings. The summed E-state index contributed by atoms with van der Waals surface area (Å²) in [5, 5.41) is 17.3. The highest BCUT2D eigenvalue weighted by Gasteiger charge is 2.28. The number of pyridine rings is 1. The van der Waals surface area contributed by atoms with E-state index < -0.39 is 0 Å². The van der Waals surface area contributed by atoms with Crippen LogP contribution in [-0.2, 0) is 11.3 Å². The van der Waals surface area contributed by atoms with Crippen molar-refractivity contribution in [2.75, 3.05) is 31.3 Å². The van der Waals surface area contributed by atoms with E-state index in [0.29, 0.717) is 24.6 Å². The molecule has 2 aromatic rings. The Labute approximate surface area is 164 Å². The minimum atomic E-state index is -0.120. The number of ether oxygens (including phenoxy) is 1. The normalized spacial score (nSPS) is 18.0. The maximum Gasteiger partial charge on any atom is 0.255 e. The maximum atomic E-state index is 12.4. The fourth-order valence-corrected chi connectivity index (χ4v) is 4.01. The average molecular weight is 385 g/mol. The Bertz CT molecular complexity index is 860. The van der Waals surface area contributed by atoms with Crippen LogP contribution in [0.5, 0.6) is 0 Å². The maximum absolute atomic E-state index is 12.4. The molecule has 0 spiro atoms. The Kier molecular flexibility index (Phi) is 5.32. The second kappa shape index (κ2) is 7.89. The molecule has 0 radical (unpaired) electrons. The summed E-state index contributed by atoms with van der Waals surface area (Å²) in [6.45, 7) is 6.67. The summed E-state index contributed by atoms with van der Waals surface area (Å²) in [6, 6.07) is 3.87. The molecule has 1 saturated heterocycles. The topological polar surface area (TPSA) is 92.5 Å². The van der Waals surface area contributed by atoms with Crippen LogP contribution in [0.3, 0.4) is 0 Å². The van der Waals surface area contributed by atoms with Crippen LogP contribution in [0, 0.1) is 0 Å². The van der Waals surface area contributed by atoms with Crippen molar-refractivity contribution in [2.24, 2.45) is 0 Å². The number of amides is 1. The number of aromatic nitrogens is 3. The van der Waals surface area contributed by atoms with E-state index in [1.807, 2.05) is 37.1 Å². The lowest BCUT2D eigenvalue weighted by atomic mass is 9.97. The molecular weight excluding hydrogens is 358 g/mol. The van der Waals surface area contributed by atoms with Gasteiger partial charge in [-0.3, -0.25) is 4.79 Å². The van der Waals surface area contributed by atoms with Gasteiger partial charge in [-0.25, -0.2) is 9.67 Å². The molecule has 2 aromatic heterocycles. The summed E-state index contributed by atoms with van der Waals surface area (Å²) >= 11 is 0. The highest BCUT2D eigenvalue weighted by atomic mass is 16.5. The van der Waals surface area contributed by atoms with E-state index >= 15 is 0 Å². The predicted octanol–water partition coefficient (Wildman–Crippen LogP) is 1.61. The standard InChI is InChI=1S/C20H27N5O3/c1-3-24(13(2)12-26)18-10-17(19-16(22-18)11-21-20(19)27)25-7-4-15(23-25)14-5-8-28-9-6-14/h4,7,10,13-14,26H,3,5-6,8-9,11-12H2,1-2H3,(H,21,27). The second-order valence-electron chi connectivity index (χ2n) is 7.39.